The van der Waals surface area contributed by atoms with E-state index in [1.165, 1.54) is 12.8 Å². The van der Waals surface area contributed by atoms with Crippen LogP contribution in [0.5, 0.6) is 5.88 Å². The fraction of sp³-hybridized carbons (Fsp3) is 0.667. The highest BCUT2D eigenvalue weighted by atomic mass is 35.5. The summed E-state index contributed by atoms with van der Waals surface area (Å²) < 4.78 is 5.30. The number of hydrogen-bond donors (Lipinski definition) is 1. The number of nitrogens with zero attached hydrogens (tertiary/aromatic N) is 2. The summed E-state index contributed by atoms with van der Waals surface area (Å²) in [7, 11) is 0. The van der Waals surface area contributed by atoms with E-state index in [1.54, 1.807) is 12.3 Å². The van der Waals surface area contributed by atoms with Gasteiger partial charge in [-0.15, -0.1) is 11.6 Å². The number of ether oxygens (including phenoxy) is 1. The molecule has 0 atom stereocenters. The predicted molar refractivity (Wildman–Crippen MR) is 70.9 cm³/mol. The van der Waals surface area contributed by atoms with Gasteiger partial charge in [0.25, 0.3) is 0 Å². The zero-order valence-electron chi connectivity index (χ0n) is 10.3. The van der Waals surface area contributed by atoms with E-state index in [9.17, 15) is 0 Å². The fourth-order valence-corrected chi connectivity index (χ4v) is 1.62. The molecule has 1 rings (SSSR count). The van der Waals surface area contributed by atoms with Crippen LogP contribution in [0.3, 0.4) is 0 Å². The molecule has 1 aromatic rings. The molecular formula is C12H20ClN3O. The summed E-state index contributed by atoms with van der Waals surface area (Å²) in [4.78, 5) is 8.36. The van der Waals surface area contributed by atoms with Crippen molar-refractivity contribution in [2.75, 3.05) is 24.3 Å². The first-order valence-corrected chi connectivity index (χ1v) is 6.66. The van der Waals surface area contributed by atoms with Crippen LogP contribution in [0.25, 0.3) is 0 Å². The molecule has 0 radical (unpaired) electrons. The zero-order valence-corrected chi connectivity index (χ0v) is 11.0. The average molecular weight is 258 g/mol. The number of halogens is 1. The molecule has 0 fully saturated rings. The summed E-state index contributed by atoms with van der Waals surface area (Å²) in [5, 5.41) is 3.19. The Kier molecular flexibility index (Phi) is 7.47. The van der Waals surface area contributed by atoms with Gasteiger partial charge in [-0.2, -0.15) is 4.98 Å². The molecule has 0 bridgehead atoms. The van der Waals surface area contributed by atoms with Gasteiger partial charge >= 0.3 is 0 Å². The first-order chi connectivity index (χ1) is 8.36. The lowest BCUT2D eigenvalue weighted by molar-refractivity contribution is 0.326. The third kappa shape index (κ3) is 6.31. The van der Waals surface area contributed by atoms with Crippen LogP contribution in [0.2, 0.25) is 0 Å². The zero-order chi connectivity index (χ0) is 12.3. The first kappa shape index (κ1) is 14.0. The Balaban J connectivity index is 2.19. The number of nitrogens with one attached hydrogen (secondary N) is 1. The number of alkyl halides is 1. The summed E-state index contributed by atoms with van der Waals surface area (Å²) in [5.41, 5.74) is 0. The summed E-state index contributed by atoms with van der Waals surface area (Å²) in [6, 6.07) is 1.76. The summed E-state index contributed by atoms with van der Waals surface area (Å²) in [6.45, 7) is 3.44. The monoisotopic (exact) mass is 257 g/mol. The van der Waals surface area contributed by atoms with E-state index in [2.05, 4.69) is 15.3 Å². The van der Waals surface area contributed by atoms with E-state index in [0.717, 1.165) is 25.3 Å². The SMILES string of the molecule is CCOc1ccnc(NCCCCCCCl)n1. The van der Waals surface area contributed by atoms with Gasteiger partial charge in [-0.1, -0.05) is 12.8 Å². The maximum Gasteiger partial charge on any atom is 0.225 e. The van der Waals surface area contributed by atoms with Gasteiger partial charge in [-0.25, -0.2) is 4.98 Å². The van der Waals surface area contributed by atoms with E-state index in [-0.39, 0.29) is 0 Å². The molecule has 5 heteroatoms. The van der Waals surface area contributed by atoms with Crippen molar-refractivity contribution in [1.82, 2.24) is 9.97 Å². The molecule has 0 saturated carbocycles. The highest BCUT2D eigenvalue weighted by Crippen LogP contribution is 2.08. The molecule has 0 aromatic carbocycles. The Hall–Kier alpha value is -1.03. The summed E-state index contributed by atoms with van der Waals surface area (Å²) in [6.07, 6.45) is 6.28. The molecule has 1 N–H and O–H groups in total. The largest absolute Gasteiger partial charge is 0.478 e. The van der Waals surface area contributed by atoms with Gasteiger partial charge in [-0.3, -0.25) is 0 Å². The topological polar surface area (TPSA) is 47.0 Å². The summed E-state index contributed by atoms with van der Waals surface area (Å²) in [5.74, 6) is 2.01. The minimum Gasteiger partial charge on any atom is -0.478 e. The van der Waals surface area contributed by atoms with Crippen LogP contribution < -0.4 is 10.1 Å². The lowest BCUT2D eigenvalue weighted by Crippen LogP contribution is -2.06. The molecule has 0 unspecified atom stereocenters. The fourth-order valence-electron chi connectivity index (χ4n) is 1.43. The van der Waals surface area contributed by atoms with Crippen molar-refractivity contribution in [3.63, 3.8) is 0 Å². The van der Waals surface area contributed by atoms with Gasteiger partial charge in [0.15, 0.2) is 0 Å². The van der Waals surface area contributed by atoms with Crippen LogP contribution >= 0.6 is 11.6 Å². The number of unbranched alkanes of at least 4 members (excludes halogenated alkanes) is 3. The van der Waals surface area contributed by atoms with Crippen LogP contribution in [0.4, 0.5) is 5.95 Å². The van der Waals surface area contributed by atoms with E-state index >= 15 is 0 Å². The van der Waals surface area contributed by atoms with Crippen molar-refractivity contribution >= 4 is 17.5 Å². The number of anilines is 1. The molecule has 0 aliphatic carbocycles. The lowest BCUT2D eigenvalue weighted by atomic mass is 10.2. The highest BCUT2D eigenvalue weighted by Gasteiger charge is 1.98. The number of rotatable bonds is 9. The molecule has 96 valence electrons. The predicted octanol–water partition coefficient (Wildman–Crippen LogP) is 3.09. The number of aromatic nitrogens is 2. The summed E-state index contributed by atoms with van der Waals surface area (Å²) >= 11 is 5.61. The van der Waals surface area contributed by atoms with E-state index in [0.29, 0.717) is 18.4 Å². The first-order valence-electron chi connectivity index (χ1n) is 6.12. The van der Waals surface area contributed by atoms with Crippen LogP contribution in [-0.4, -0.2) is 29.0 Å². The minimum atomic E-state index is 0.618. The lowest BCUT2D eigenvalue weighted by Gasteiger charge is -2.06. The second-order valence-corrected chi connectivity index (χ2v) is 4.06. The van der Waals surface area contributed by atoms with E-state index < -0.39 is 0 Å². The van der Waals surface area contributed by atoms with Crippen LogP contribution in [0, 0.1) is 0 Å². The normalized spacial score (nSPS) is 10.2. The van der Waals surface area contributed by atoms with Crippen molar-refractivity contribution < 1.29 is 4.74 Å². The second kappa shape index (κ2) is 9.05. The van der Waals surface area contributed by atoms with Crippen molar-refractivity contribution in [2.45, 2.75) is 32.6 Å². The molecule has 17 heavy (non-hydrogen) atoms. The molecule has 1 aromatic heterocycles. The van der Waals surface area contributed by atoms with Gasteiger partial charge in [0.2, 0.25) is 11.8 Å². The van der Waals surface area contributed by atoms with Crippen LogP contribution in [0.15, 0.2) is 12.3 Å². The molecular weight excluding hydrogens is 238 g/mol. The Morgan fingerprint density at radius 2 is 2.12 bits per heavy atom. The van der Waals surface area contributed by atoms with Gasteiger partial charge in [0, 0.05) is 24.7 Å². The highest BCUT2D eigenvalue weighted by molar-refractivity contribution is 6.17. The third-order valence-electron chi connectivity index (χ3n) is 2.27. The van der Waals surface area contributed by atoms with Crippen molar-refractivity contribution in [3.05, 3.63) is 12.3 Å². The van der Waals surface area contributed by atoms with E-state index in [4.69, 9.17) is 16.3 Å². The maximum absolute atomic E-state index is 5.61. The van der Waals surface area contributed by atoms with Crippen molar-refractivity contribution in [3.8, 4) is 5.88 Å². The smallest absolute Gasteiger partial charge is 0.225 e. The van der Waals surface area contributed by atoms with Gasteiger partial charge in [-0.05, 0) is 19.8 Å². The molecule has 0 saturated heterocycles. The molecule has 0 spiro atoms. The van der Waals surface area contributed by atoms with Gasteiger partial charge in [0.1, 0.15) is 0 Å². The molecule has 0 aliphatic heterocycles. The minimum absolute atomic E-state index is 0.618. The Morgan fingerprint density at radius 3 is 2.88 bits per heavy atom. The second-order valence-electron chi connectivity index (χ2n) is 3.68. The standard InChI is InChI=1S/C12H20ClN3O/c1-2-17-11-7-10-15-12(16-11)14-9-6-4-3-5-8-13/h7,10H,2-6,8-9H2,1H3,(H,14,15,16). The Labute approximate surface area is 108 Å². The molecule has 1 heterocycles. The maximum atomic E-state index is 5.61. The molecule has 0 aliphatic rings. The number of hydrogen-bond acceptors (Lipinski definition) is 4. The Morgan fingerprint density at radius 1 is 1.29 bits per heavy atom. The Bertz CT molecular complexity index is 310. The quantitative estimate of drug-likeness (QED) is 0.546. The van der Waals surface area contributed by atoms with Gasteiger partial charge in [0.05, 0.1) is 6.61 Å². The van der Waals surface area contributed by atoms with E-state index in [1.807, 2.05) is 6.92 Å². The molecule has 4 nitrogen and oxygen atoms in total. The van der Waals surface area contributed by atoms with Crippen LogP contribution in [0.1, 0.15) is 32.6 Å². The van der Waals surface area contributed by atoms with Crippen LogP contribution in [-0.2, 0) is 0 Å². The van der Waals surface area contributed by atoms with Crippen molar-refractivity contribution in [2.24, 2.45) is 0 Å². The average Bonchev–Trinajstić information content (AvgIpc) is 2.35. The molecule has 0 amide bonds. The van der Waals surface area contributed by atoms with Gasteiger partial charge < -0.3 is 10.1 Å². The third-order valence-corrected chi connectivity index (χ3v) is 2.53. The van der Waals surface area contributed by atoms with Crippen molar-refractivity contribution in [1.29, 1.82) is 0 Å².